The summed E-state index contributed by atoms with van der Waals surface area (Å²) in [5.41, 5.74) is 6.96. The van der Waals surface area contributed by atoms with Gasteiger partial charge in [0.2, 0.25) is 5.91 Å². The molecule has 1 atom stereocenters. The average Bonchev–Trinajstić information content (AvgIpc) is 2.98. The number of nitrogens with two attached hydrogens (primary N) is 1. The number of amides is 1. The van der Waals surface area contributed by atoms with E-state index in [9.17, 15) is 4.79 Å². The molecule has 0 fully saturated rings. The molecule has 112 valence electrons. The van der Waals surface area contributed by atoms with Crippen LogP contribution in [0.1, 0.15) is 19.8 Å². The van der Waals surface area contributed by atoms with Gasteiger partial charge < -0.3 is 11.1 Å². The van der Waals surface area contributed by atoms with Gasteiger partial charge in [-0.15, -0.1) is 0 Å². The number of carbonyl (C=O) groups excluding carboxylic acids is 1. The van der Waals surface area contributed by atoms with Crippen LogP contribution < -0.4 is 11.1 Å². The third-order valence-corrected chi connectivity index (χ3v) is 3.58. The number of hydrogen-bond donors (Lipinski definition) is 2. The SMILES string of the molecule is CCCC(CN)C(=O)Nc1cccc(Cl)c1-n1cccn1. The van der Waals surface area contributed by atoms with Gasteiger partial charge in [0.1, 0.15) is 5.69 Å². The van der Waals surface area contributed by atoms with Crippen molar-refractivity contribution in [1.82, 2.24) is 9.78 Å². The second kappa shape index (κ2) is 7.24. The van der Waals surface area contributed by atoms with Crippen LogP contribution in [-0.4, -0.2) is 22.2 Å². The zero-order valence-electron chi connectivity index (χ0n) is 11.9. The van der Waals surface area contributed by atoms with Crippen molar-refractivity contribution in [3.8, 4) is 5.69 Å². The normalized spacial score (nSPS) is 12.1. The van der Waals surface area contributed by atoms with Crippen molar-refractivity contribution in [3.05, 3.63) is 41.7 Å². The lowest BCUT2D eigenvalue weighted by Crippen LogP contribution is -2.29. The number of halogens is 1. The Kier molecular flexibility index (Phi) is 5.36. The minimum Gasteiger partial charge on any atom is -0.330 e. The van der Waals surface area contributed by atoms with Crippen LogP contribution in [0.5, 0.6) is 0 Å². The van der Waals surface area contributed by atoms with Crippen LogP contribution in [0.25, 0.3) is 5.69 Å². The molecular formula is C15H19ClN4O. The zero-order valence-corrected chi connectivity index (χ0v) is 12.7. The summed E-state index contributed by atoms with van der Waals surface area (Å²) in [6, 6.07) is 7.16. The van der Waals surface area contributed by atoms with E-state index in [2.05, 4.69) is 10.4 Å². The number of anilines is 1. The Morgan fingerprint density at radius 1 is 1.48 bits per heavy atom. The maximum atomic E-state index is 12.3. The van der Waals surface area contributed by atoms with Crippen molar-refractivity contribution >= 4 is 23.2 Å². The van der Waals surface area contributed by atoms with Crippen LogP contribution in [0.3, 0.4) is 0 Å². The second-order valence-corrected chi connectivity index (χ2v) is 5.20. The van der Waals surface area contributed by atoms with Crippen molar-refractivity contribution in [1.29, 1.82) is 0 Å². The van der Waals surface area contributed by atoms with E-state index in [0.717, 1.165) is 12.8 Å². The summed E-state index contributed by atoms with van der Waals surface area (Å²) in [6.45, 7) is 2.36. The maximum absolute atomic E-state index is 12.3. The van der Waals surface area contributed by atoms with Crippen molar-refractivity contribution in [3.63, 3.8) is 0 Å². The molecule has 0 saturated carbocycles. The quantitative estimate of drug-likeness (QED) is 0.862. The largest absolute Gasteiger partial charge is 0.330 e. The first-order valence-corrected chi connectivity index (χ1v) is 7.34. The highest BCUT2D eigenvalue weighted by Crippen LogP contribution is 2.28. The standard InChI is InChI=1S/C15H19ClN4O/c1-2-5-11(10-17)15(21)19-13-7-3-6-12(16)14(13)20-9-4-8-18-20/h3-4,6-9,11H,2,5,10,17H2,1H3,(H,19,21). The maximum Gasteiger partial charge on any atom is 0.228 e. The van der Waals surface area contributed by atoms with E-state index in [1.807, 2.05) is 6.92 Å². The van der Waals surface area contributed by atoms with Gasteiger partial charge in [-0.1, -0.05) is 31.0 Å². The predicted octanol–water partition coefficient (Wildman–Crippen LogP) is 2.84. The van der Waals surface area contributed by atoms with Gasteiger partial charge in [0.05, 0.1) is 16.6 Å². The fourth-order valence-electron chi connectivity index (χ4n) is 2.19. The lowest BCUT2D eigenvalue weighted by atomic mass is 10.0. The summed E-state index contributed by atoms with van der Waals surface area (Å²) in [4.78, 5) is 12.3. The number of rotatable bonds is 6. The van der Waals surface area contributed by atoms with Crippen LogP contribution in [0.15, 0.2) is 36.7 Å². The molecule has 1 heterocycles. The number of nitrogens with one attached hydrogen (secondary N) is 1. The molecule has 0 bridgehead atoms. The van der Waals surface area contributed by atoms with Crippen LogP contribution >= 0.6 is 11.6 Å². The van der Waals surface area contributed by atoms with Gasteiger partial charge in [0.25, 0.3) is 0 Å². The molecule has 2 rings (SSSR count). The Morgan fingerprint density at radius 2 is 2.29 bits per heavy atom. The molecular weight excluding hydrogens is 288 g/mol. The zero-order chi connectivity index (χ0) is 15.2. The number of benzene rings is 1. The molecule has 1 aromatic heterocycles. The summed E-state index contributed by atoms with van der Waals surface area (Å²) in [5, 5.41) is 7.61. The molecule has 0 aliphatic carbocycles. The Bertz CT molecular complexity index is 598. The molecule has 0 radical (unpaired) electrons. The highest BCUT2D eigenvalue weighted by atomic mass is 35.5. The van der Waals surface area contributed by atoms with E-state index in [-0.39, 0.29) is 11.8 Å². The molecule has 3 N–H and O–H groups in total. The molecule has 0 saturated heterocycles. The molecule has 0 spiro atoms. The Morgan fingerprint density at radius 3 is 2.90 bits per heavy atom. The molecule has 0 aliphatic heterocycles. The molecule has 21 heavy (non-hydrogen) atoms. The van der Waals surface area contributed by atoms with Gasteiger partial charge >= 0.3 is 0 Å². The molecule has 2 aromatic rings. The summed E-state index contributed by atoms with van der Waals surface area (Å²) in [5.74, 6) is -0.283. The average molecular weight is 307 g/mol. The lowest BCUT2D eigenvalue weighted by Gasteiger charge is -2.17. The van der Waals surface area contributed by atoms with Gasteiger partial charge in [-0.05, 0) is 24.6 Å². The summed E-state index contributed by atoms with van der Waals surface area (Å²) in [7, 11) is 0. The van der Waals surface area contributed by atoms with E-state index < -0.39 is 0 Å². The van der Waals surface area contributed by atoms with Gasteiger partial charge in [-0.25, -0.2) is 4.68 Å². The van der Waals surface area contributed by atoms with Crippen molar-refractivity contribution in [2.24, 2.45) is 11.7 Å². The van der Waals surface area contributed by atoms with Crippen molar-refractivity contribution < 1.29 is 4.79 Å². The Labute approximate surface area is 129 Å². The first-order chi connectivity index (χ1) is 10.2. The number of nitrogens with zero attached hydrogens (tertiary/aromatic N) is 2. The van der Waals surface area contributed by atoms with Crippen LogP contribution in [0, 0.1) is 5.92 Å². The molecule has 1 amide bonds. The van der Waals surface area contributed by atoms with Crippen molar-refractivity contribution in [2.75, 3.05) is 11.9 Å². The number of para-hydroxylation sites is 1. The van der Waals surface area contributed by atoms with Crippen LogP contribution in [-0.2, 0) is 4.79 Å². The van der Waals surface area contributed by atoms with E-state index in [1.54, 1.807) is 41.3 Å². The fourth-order valence-corrected chi connectivity index (χ4v) is 2.45. The third-order valence-electron chi connectivity index (χ3n) is 3.27. The van der Waals surface area contributed by atoms with Gasteiger partial charge in [-0.2, -0.15) is 5.10 Å². The van der Waals surface area contributed by atoms with E-state index >= 15 is 0 Å². The molecule has 6 heteroatoms. The van der Waals surface area contributed by atoms with Crippen molar-refractivity contribution in [2.45, 2.75) is 19.8 Å². The highest BCUT2D eigenvalue weighted by molar-refractivity contribution is 6.33. The van der Waals surface area contributed by atoms with Gasteiger partial charge in [0.15, 0.2) is 0 Å². The van der Waals surface area contributed by atoms with E-state index in [4.69, 9.17) is 17.3 Å². The molecule has 5 nitrogen and oxygen atoms in total. The van der Waals surface area contributed by atoms with E-state index in [1.165, 1.54) is 0 Å². The first-order valence-electron chi connectivity index (χ1n) is 6.96. The van der Waals surface area contributed by atoms with Crippen LogP contribution in [0.4, 0.5) is 5.69 Å². The number of aromatic nitrogens is 2. The molecule has 1 aromatic carbocycles. The Balaban J connectivity index is 2.28. The van der Waals surface area contributed by atoms with E-state index in [0.29, 0.717) is 22.9 Å². The van der Waals surface area contributed by atoms with Gasteiger partial charge in [-0.3, -0.25) is 4.79 Å². The topological polar surface area (TPSA) is 72.9 Å². The lowest BCUT2D eigenvalue weighted by molar-refractivity contribution is -0.119. The highest BCUT2D eigenvalue weighted by Gasteiger charge is 2.18. The summed E-state index contributed by atoms with van der Waals surface area (Å²) in [6.07, 6.45) is 5.12. The second-order valence-electron chi connectivity index (χ2n) is 4.80. The molecule has 0 aliphatic rings. The minimum atomic E-state index is -0.195. The summed E-state index contributed by atoms with van der Waals surface area (Å²) >= 11 is 6.24. The monoisotopic (exact) mass is 306 g/mol. The minimum absolute atomic E-state index is 0.0879. The van der Waals surface area contributed by atoms with Gasteiger partial charge in [0, 0.05) is 18.9 Å². The van der Waals surface area contributed by atoms with Crippen LogP contribution in [0.2, 0.25) is 5.02 Å². The number of hydrogen-bond acceptors (Lipinski definition) is 3. The fraction of sp³-hybridized carbons (Fsp3) is 0.333. The predicted molar refractivity (Wildman–Crippen MR) is 84.7 cm³/mol. The smallest absolute Gasteiger partial charge is 0.228 e. The molecule has 1 unspecified atom stereocenters. The Hall–Kier alpha value is -1.85. The summed E-state index contributed by atoms with van der Waals surface area (Å²) < 4.78 is 1.63. The number of carbonyl (C=O) groups is 1. The third kappa shape index (κ3) is 3.62. The first kappa shape index (κ1) is 15.5.